The molecular weight excluding hydrogens is 362 g/mol. The second kappa shape index (κ2) is 8.63. The zero-order valence-electron chi connectivity index (χ0n) is 16.0. The smallest absolute Gasteiger partial charge is 0.241 e. The number of piperazine rings is 1. The van der Waals surface area contributed by atoms with Gasteiger partial charge in [0.15, 0.2) is 0 Å². The number of para-hydroxylation sites is 1. The highest BCUT2D eigenvalue weighted by molar-refractivity contribution is 6.31. The Hall–Kier alpha value is -2.24. The van der Waals surface area contributed by atoms with Gasteiger partial charge in [0, 0.05) is 36.9 Å². The van der Waals surface area contributed by atoms with Gasteiger partial charge in [-0.2, -0.15) is 0 Å². The van der Waals surface area contributed by atoms with Crippen molar-refractivity contribution in [2.24, 2.45) is 0 Å². The van der Waals surface area contributed by atoms with Gasteiger partial charge in [-0.05, 0) is 43.7 Å². The molecule has 1 heterocycles. The minimum absolute atomic E-state index is 0.0556. The predicted octanol–water partition coefficient (Wildman–Crippen LogP) is 3.81. The maximum atomic E-state index is 12.7. The van der Waals surface area contributed by atoms with E-state index in [-0.39, 0.29) is 11.9 Å². The van der Waals surface area contributed by atoms with E-state index >= 15 is 0 Å². The van der Waals surface area contributed by atoms with Gasteiger partial charge in [0.05, 0.1) is 18.8 Å². The number of methoxy groups -OCH3 is 1. The topological polar surface area (TPSA) is 44.8 Å². The number of nitrogens with zero attached hydrogens (tertiary/aromatic N) is 2. The van der Waals surface area contributed by atoms with Crippen molar-refractivity contribution in [1.82, 2.24) is 4.90 Å². The number of carbonyl (C=O) groups excluding carboxylic acids is 1. The summed E-state index contributed by atoms with van der Waals surface area (Å²) in [4.78, 5) is 17.3. The first-order valence-corrected chi connectivity index (χ1v) is 9.56. The number of nitrogens with one attached hydrogen (secondary N) is 1. The number of ether oxygens (including phenoxy) is 1. The van der Waals surface area contributed by atoms with Crippen LogP contribution < -0.4 is 15.0 Å². The average molecular weight is 388 g/mol. The molecule has 144 valence electrons. The van der Waals surface area contributed by atoms with Crippen molar-refractivity contribution >= 4 is 28.9 Å². The second-order valence-corrected chi connectivity index (χ2v) is 7.26. The SMILES string of the molecule is COc1ccc(Cl)cc1NC(=O)[C@H](C)N1CCN(c2ccccc2C)CC1. The molecule has 1 aliphatic heterocycles. The van der Waals surface area contributed by atoms with Gasteiger partial charge in [0.1, 0.15) is 5.75 Å². The van der Waals surface area contributed by atoms with Crippen molar-refractivity contribution in [2.75, 3.05) is 43.5 Å². The van der Waals surface area contributed by atoms with Gasteiger partial charge < -0.3 is 15.0 Å². The third-order valence-corrected chi connectivity index (χ3v) is 5.35. The van der Waals surface area contributed by atoms with Crippen LogP contribution in [0.15, 0.2) is 42.5 Å². The average Bonchev–Trinajstić information content (AvgIpc) is 2.68. The molecule has 1 N–H and O–H groups in total. The Morgan fingerprint density at radius 1 is 1.15 bits per heavy atom. The molecule has 0 aromatic heterocycles. The normalized spacial score (nSPS) is 16.1. The minimum Gasteiger partial charge on any atom is -0.495 e. The molecule has 1 atom stereocenters. The molecule has 0 aliphatic carbocycles. The standard InChI is InChI=1S/C21H26ClN3O2/c1-15-6-4-5-7-19(15)25-12-10-24(11-13-25)16(2)21(26)23-18-14-17(22)8-9-20(18)27-3/h4-9,14,16H,10-13H2,1-3H3,(H,23,26)/t16-/m0/s1. The second-order valence-electron chi connectivity index (χ2n) is 6.82. The van der Waals surface area contributed by atoms with Crippen molar-refractivity contribution < 1.29 is 9.53 Å². The molecular formula is C21H26ClN3O2. The minimum atomic E-state index is -0.229. The molecule has 0 saturated carbocycles. The molecule has 0 bridgehead atoms. The summed E-state index contributed by atoms with van der Waals surface area (Å²) in [5, 5.41) is 3.51. The van der Waals surface area contributed by atoms with Gasteiger partial charge in [-0.3, -0.25) is 9.69 Å². The van der Waals surface area contributed by atoms with Crippen molar-refractivity contribution in [3.63, 3.8) is 0 Å². The Balaban J connectivity index is 1.61. The number of amides is 1. The van der Waals surface area contributed by atoms with Crippen LogP contribution in [0.4, 0.5) is 11.4 Å². The summed E-state index contributed by atoms with van der Waals surface area (Å²) in [5.41, 5.74) is 3.16. The molecule has 6 heteroatoms. The van der Waals surface area contributed by atoms with Gasteiger partial charge in [0.25, 0.3) is 0 Å². The summed E-state index contributed by atoms with van der Waals surface area (Å²) >= 11 is 6.05. The summed E-state index contributed by atoms with van der Waals surface area (Å²) in [7, 11) is 1.58. The van der Waals surface area contributed by atoms with Crippen molar-refractivity contribution in [2.45, 2.75) is 19.9 Å². The van der Waals surface area contributed by atoms with Crippen LogP contribution in [0.5, 0.6) is 5.75 Å². The fourth-order valence-corrected chi connectivity index (χ4v) is 3.62. The Morgan fingerprint density at radius 3 is 2.52 bits per heavy atom. The van der Waals surface area contributed by atoms with E-state index in [9.17, 15) is 4.79 Å². The highest BCUT2D eigenvalue weighted by Crippen LogP contribution is 2.28. The zero-order chi connectivity index (χ0) is 19.4. The molecule has 5 nitrogen and oxygen atoms in total. The molecule has 2 aromatic rings. The van der Waals surface area contributed by atoms with Crippen LogP contribution >= 0.6 is 11.6 Å². The van der Waals surface area contributed by atoms with Crippen LogP contribution in [0.25, 0.3) is 0 Å². The van der Waals surface area contributed by atoms with E-state index in [4.69, 9.17) is 16.3 Å². The van der Waals surface area contributed by atoms with Crippen LogP contribution in [0.2, 0.25) is 5.02 Å². The Labute approximate surface area is 165 Å². The highest BCUT2D eigenvalue weighted by atomic mass is 35.5. The predicted molar refractivity (Wildman–Crippen MR) is 111 cm³/mol. The van der Waals surface area contributed by atoms with Crippen molar-refractivity contribution in [1.29, 1.82) is 0 Å². The summed E-state index contributed by atoms with van der Waals surface area (Å²) in [6.07, 6.45) is 0. The molecule has 1 amide bonds. The molecule has 0 spiro atoms. The number of halogens is 1. The van der Waals surface area contributed by atoms with E-state index in [1.165, 1.54) is 11.3 Å². The number of hydrogen-bond donors (Lipinski definition) is 1. The van der Waals surface area contributed by atoms with E-state index < -0.39 is 0 Å². The van der Waals surface area contributed by atoms with E-state index in [2.05, 4.69) is 46.3 Å². The van der Waals surface area contributed by atoms with Gasteiger partial charge in [-0.1, -0.05) is 29.8 Å². The molecule has 0 radical (unpaired) electrons. The molecule has 2 aromatic carbocycles. The van der Waals surface area contributed by atoms with E-state index in [1.54, 1.807) is 25.3 Å². The van der Waals surface area contributed by atoms with Crippen molar-refractivity contribution in [3.05, 3.63) is 53.1 Å². The summed E-state index contributed by atoms with van der Waals surface area (Å²) < 4.78 is 5.31. The fraction of sp³-hybridized carbons (Fsp3) is 0.381. The van der Waals surface area contributed by atoms with E-state index in [1.807, 2.05) is 6.92 Å². The largest absolute Gasteiger partial charge is 0.495 e. The van der Waals surface area contributed by atoms with Crippen LogP contribution in [-0.2, 0) is 4.79 Å². The van der Waals surface area contributed by atoms with Crippen molar-refractivity contribution in [3.8, 4) is 5.75 Å². The first-order chi connectivity index (χ1) is 13.0. The van der Waals surface area contributed by atoms with Gasteiger partial charge >= 0.3 is 0 Å². The molecule has 3 rings (SSSR count). The molecule has 0 unspecified atom stereocenters. The molecule has 27 heavy (non-hydrogen) atoms. The lowest BCUT2D eigenvalue weighted by Crippen LogP contribution is -2.53. The van der Waals surface area contributed by atoms with Crippen LogP contribution in [-0.4, -0.2) is 50.1 Å². The molecule has 1 fully saturated rings. The number of carbonyl (C=O) groups is 1. The number of benzene rings is 2. The summed E-state index contributed by atoms with van der Waals surface area (Å²) in [6.45, 7) is 7.57. The molecule has 1 aliphatic rings. The number of rotatable bonds is 5. The maximum Gasteiger partial charge on any atom is 0.241 e. The third kappa shape index (κ3) is 4.54. The maximum absolute atomic E-state index is 12.7. The molecule has 1 saturated heterocycles. The number of aryl methyl sites for hydroxylation is 1. The van der Waals surface area contributed by atoms with Crippen LogP contribution in [0, 0.1) is 6.92 Å². The third-order valence-electron chi connectivity index (χ3n) is 5.12. The van der Waals surface area contributed by atoms with Gasteiger partial charge in [0.2, 0.25) is 5.91 Å². The van der Waals surface area contributed by atoms with Gasteiger partial charge in [-0.25, -0.2) is 0 Å². The van der Waals surface area contributed by atoms with Crippen LogP contribution in [0.1, 0.15) is 12.5 Å². The summed E-state index contributed by atoms with van der Waals surface area (Å²) in [5.74, 6) is 0.546. The Bertz CT molecular complexity index is 804. The zero-order valence-corrected chi connectivity index (χ0v) is 16.8. The first-order valence-electron chi connectivity index (χ1n) is 9.18. The lowest BCUT2D eigenvalue weighted by atomic mass is 10.1. The Kier molecular flexibility index (Phi) is 6.24. The van der Waals surface area contributed by atoms with Crippen LogP contribution in [0.3, 0.4) is 0 Å². The number of anilines is 2. The monoisotopic (exact) mass is 387 g/mol. The summed E-state index contributed by atoms with van der Waals surface area (Å²) in [6, 6.07) is 13.4. The fourth-order valence-electron chi connectivity index (χ4n) is 3.45. The number of hydrogen-bond acceptors (Lipinski definition) is 4. The lowest BCUT2D eigenvalue weighted by Gasteiger charge is -2.39. The Morgan fingerprint density at radius 2 is 1.85 bits per heavy atom. The van der Waals surface area contributed by atoms with E-state index in [0.717, 1.165) is 26.2 Å². The van der Waals surface area contributed by atoms with Gasteiger partial charge in [-0.15, -0.1) is 0 Å². The lowest BCUT2D eigenvalue weighted by molar-refractivity contribution is -0.120. The first kappa shape index (κ1) is 19.5. The van der Waals surface area contributed by atoms with E-state index in [0.29, 0.717) is 16.5 Å². The highest BCUT2D eigenvalue weighted by Gasteiger charge is 2.26. The quantitative estimate of drug-likeness (QED) is 0.847.